The van der Waals surface area contributed by atoms with Crippen molar-refractivity contribution in [1.82, 2.24) is 4.98 Å². The first-order chi connectivity index (χ1) is 9.97. The standard InChI is InChI=1S/C17H21NO3/c1-10(2)15(16(11(3)19)17(20)21-4)13-9-18-14-8-6-5-7-12(13)14/h5-10,15-16,18H,1-4H3/t15-,16+/m0/s1. The van der Waals surface area contributed by atoms with Gasteiger partial charge >= 0.3 is 5.97 Å². The quantitative estimate of drug-likeness (QED) is 0.678. The fourth-order valence-corrected chi connectivity index (χ4v) is 2.99. The number of rotatable bonds is 5. The van der Waals surface area contributed by atoms with Crippen molar-refractivity contribution in [3.8, 4) is 0 Å². The third-order valence-electron chi connectivity index (χ3n) is 3.95. The molecule has 0 bridgehead atoms. The van der Waals surface area contributed by atoms with Gasteiger partial charge in [-0.25, -0.2) is 0 Å². The second-order valence-electron chi connectivity index (χ2n) is 5.67. The van der Waals surface area contributed by atoms with Crippen LogP contribution in [0.15, 0.2) is 30.5 Å². The SMILES string of the molecule is COC(=O)[C@H](C(C)=O)[C@H](c1c[nH]c2ccccc12)C(C)C. The number of hydrogen-bond donors (Lipinski definition) is 1. The van der Waals surface area contributed by atoms with Crippen LogP contribution in [0.1, 0.15) is 32.3 Å². The fourth-order valence-electron chi connectivity index (χ4n) is 2.99. The van der Waals surface area contributed by atoms with Crippen molar-refractivity contribution in [3.05, 3.63) is 36.0 Å². The van der Waals surface area contributed by atoms with Gasteiger partial charge in [-0.05, 0) is 24.5 Å². The first-order valence-corrected chi connectivity index (χ1v) is 7.11. The number of carbonyl (C=O) groups is 2. The number of methoxy groups -OCH3 is 1. The van der Waals surface area contributed by atoms with Crippen molar-refractivity contribution in [1.29, 1.82) is 0 Å². The number of hydrogen-bond acceptors (Lipinski definition) is 3. The number of H-pyrrole nitrogens is 1. The maximum absolute atomic E-state index is 12.1. The predicted octanol–water partition coefficient (Wildman–Crippen LogP) is 3.29. The van der Waals surface area contributed by atoms with Crippen LogP contribution in [-0.4, -0.2) is 23.8 Å². The predicted molar refractivity (Wildman–Crippen MR) is 82.1 cm³/mol. The van der Waals surface area contributed by atoms with Crippen LogP contribution in [0.3, 0.4) is 0 Å². The number of Topliss-reactive ketones (excluding diaryl/α,β-unsaturated/α-hetero) is 1. The summed E-state index contributed by atoms with van der Waals surface area (Å²) in [4.78, 5) is 27.3. The molecule has 1 aromatic heterocycles. The molecule has 0 fully saturated rings. The van der Waals surface area contributed by atoms with Gasteiger partial charge in [0.2, 0.25) is 0 Å². The van der Waals surface area contributed by atoms with Gasteiger partial charge in [0.25, 0.3) is 0 Å². The van der Waals surface area contributed by atoms with Crippen molar-refractivity contribution >= 4 is 22.7 Å². The van der Waals surface area contributed by atoms with Crippen molar-refractivity contribution < 1.29 is 14.3 Å². The molecular weight excluding hydrogens is 266 g/mol. The number of carbonyl (C=O) groups excluding carboxylic acids is 2. The average Bonchev–Trinajstić information content (AvgIpc) is 2.86. The zero-order valence-corrected chi connectivity index (χ0v) is 12.8. The minimum Gasteiger partial charge on any atom is -0.468 e. The second kappa shape index (κ2) is 6.12. The van der Waals surface area contributed by atoms with Crippen LogP contribution in [-0.2, 0) is 14.3 Å². The molecule has 0 amide bonds. The maximum atomic E-state index is 12.1. The number of ketones is 1. The lowest BCUT2D eigenvalue weighted by Gasteiger charge is -2.26. The highest BCUT2D eigenvalue weighted by Gasteiger charge is 2.37. The van der Waals surface area contributed by atoms with Crippen LogP contribution in [0.25, 0.3) is 10.9 Å². The normalized spacial score (nSPS) is 14.1. The molecule has 0 spiro atoms. The zero-order chi connectivity index (χ0) is 15.6. The fraction of sp³-hybridized carbons (Fsp3) is 0.412. The summed E-state index contributed by atoms with van der Waals surface area (Å²) in [6.45, 7) is 5.49. The minimum atomic E-state index is -0.769. The summed E-state index contributed by atoms with van der Waals surface area (Å²) in [5, 5.41) is 1.05. The summed E-state index contributed by atoms with van der Waals surface area (Å²) in [6, 6.07) is 7.90. The Morgan fingerprint density at radius 3 is 2.43 bits per heavy atom. The van der Waals surface area contributed by atoms with Gasteiger partial charge in [-0.1, -0.05) is 32.0 Å². The lowest BCUT2D eigenvalue weighted by molar-refractivity contribution is -0.150. The number of esters is 1. The lowest BCUT2D eigenvalue weighted by Crippen LogP contribution is -2.32. The molecular formula is C17H21NO3. The molecule has 2 aromatic rings. The van der Waals surface area contributed by atoms with Crippen molar-refractivity contribution in [3.63, 3.8) is 0 Å². The Kier molecular flexibility index (Phi) is 4.46. The van der Waals surface area contributed by atoms with Gasteiger partial charge < -0.3 is 9.72 Å². The highest BCUT2D eigenvalue weighted by atomic mass is 16.5. The van der Waals surface area contributed by atoms with E-state index in [1.807, 2.05) is 44.3 Å². The Labute approximate surface area is 124 Å². The largest absolute Gasteiger partial charge is 0.468 e. The van der Waals surface area contributed by atoms with E-state index in [-0.39, 0.29) is 17.6 Å². The van der Waals surface area contributed by atoms with Gasteiger partial charge in [0.15, 0.2) is 0 Å². The Morgan fingerprint density at radius 2 is 1.86 bits per heavy atom. The van der Waals surface area contributed by atoms with Crippen LogP contribution in [0.5, 0.6) is 0 Å². The second-order valence-corrected chi connectivity index (χ2v) is 5.67. The molecule has 2 atom stereocenters. The molecule has 0 aliphatic heterocycles. The van der Waals surface area contributed by atoms with Crippen molar-refractivity contribution in [2.24, 2.45) is 11.8 Å². The molecule has 2 rings (SSSR count). The molecule has 0 saturated heterocycles. The molecule has 1 heterocycles. The molecule has 112 valence electrons. The van der Waals surface area contributed by atoms with Gasteiger partial charge in [-0.3, -0.25) is 9.59 Å². The zero-order valence-electron chi connectivity index (χ0n) is 12.8. The maximum Gasteiger partial charge on any atom is 0.316 e. The number of para-hydroxylation sites is 1. The summed E-state index contributed by atoms with van der Waals surface area (Å²) >= 11 is 0. The molecule has 4 nitrogen and oxygen atoms in total. The number of benzene rings is 1. The number of fused-ring (bicyclic) bond motifs is 1. The summed E-state index contributed by atoms with van der Waals surface area (Å²) in [5.74, 6) is -1.46. The van der Waals surface area contributed by atoms with Crippen molar-refractivity contribution in [2.45, 2.75) is 26.7 Å². The molecule has 1 aromatic carbocycles. The van der Waals surface area contributed by atoms with E-state index < -0.39 is 11.9 Å². The Morgan fingerprint density at radius 1 is 1.19 bits per heavy atom. The van der Waals surface area contributed by atoms with Crippen LogP contribution < -0.4 is 0 Å². The molecule has 0 unspecified atom stereocenters. The van der Waals surface area contributed by atoms with E-state index in [4.69, 9.17) is 4.74 Å². The Balaban J connectivity index is 2.57. The number of aromatic amines is 1. The smallest absolute Gasteiger partial charge is 0.316 e. The topological polar surface area (TPSA) is 59.2 Å². The number of aromatic nitrogens is 1. The van der Waals surface area contributed by atoms with E-state index in [0.29, 0.717) is 0 Å². The van der Waals surface area contributed by atoms with Gasteiger partial charge in [0, 0.05) is 23.0 Å². The highest BCUT2D eigenvalue weighted by molar-refractivity contribution is 5.99. The van der Waals surface area contributed by atoms with Crippen molar-refractivity contribution in [2.75, 3.05) is 7.11 Å². The third-order valence-corrected chi connectivity index (χ3v) is 3.95. The molecule has 4 heteroatoms. The summed E-state index contributed by atoms with van der Waals surface area (Å²) in [5.41, 5.74) is 2.00. The molecule has 0 saturated carbocycles. The lowest BCUT2D eigenvalue weighted by atomic mass is 9.76. The molecule has 0 radical (unpaired) electrons. The molecule has 1 N–H and O–H groups in total. The number of nitrogens with one attached hydrogen (secondary N) is 1. The Bertz CT molecular complexity index is 657. The van der Waals surface area contributed by atoms with Gasteiger partial charge in [0.1, 0.15) is 11.7 Å². The first-order valence-electron chi connectivity index (χ1n) is 7.11. The van der Waals surface area contributed by atoms with E-state index in [9.17, 15) is 9.59 Å². The van der Waals surface area contributed by atoms with Crippen LogP contribution in [0.4, 0.5) is 0 Å². The third kappa shape index (κ3) is 2.84. The van der Waals surface area contributed by atoms with Gasteiger partial charge in [-0.2, -0.15) is 0 Å². The average molecular weight is 287 g/mol. The van der Waals surface area contributed by atoms with Crippen LogP contribution in [0.2, 0.25) is 0 Å². The van der Waals surface area contributed by atoms with E-state index in [1.165, 1.54) is 14.0 Å². The monoisotopic (exact) mass is 287 g/mol. The van der Waals surface area contributed by atoms with E-state index in [2.05, 4.69) is 4.98 Å². The van der Waals surface area contributed by atoms with Gasteiger partial charge in [0.05, 0.1) is 7.11 Å². The highest BCUT2D eigenvalue weighted by Crippen LogP contribution is 2.37. The summed E-state index contributed by atoms with van der Waals surface area (Å²) < 4.78 is 4.84. The van der Waals surface area contributed by atoms with Crippen LogP contribution in [0, 0.1) is 11.8 Å². The van der Waals surface area contributed by atoms with E-state index in [1.54, 1.807) is 0 Å². The minimum absolute atomic E-state index is 0.136. The summed E-state index contributed by atoms with van der Waals surface area (Å²) in [7, 11) is 1.32. The van der Waals surface area contributed by atoms with Gasteiger partial charge in [-0.15, -0.1) is 0 Å². The first kappa shape index (κ1) is 15.3. The van der Waals surface area contributed by atoms with Crippen LogP contribution >= 0.6 is 0 Å². The number of ether oxygens (including phenoxy) is 1. The molecule has 0 aliphatic rings. The Hall–Kier alpha value is -2.10. The van der Waals surface area contributed by atoms with E-state index in [0.717, 1.165) is 16.5 Å². The molecule has 21 heavy (non-hydrogen) atoms. The summed E-state index contributed by atoms with van der Waals surface area (Å²) in [6.07, 6.45) is 1.90. The molecule has 0 aliphatic carbocycles. The van der Waals surface area contributed by atoms with E-state index >= 15 is 0 Å².